The lowest BCUT2D eigenvalue weighted by Crippen LogP contribution is -2.14. The van der Waals surface area contributed by atoms with E-state index in [1.807, 2.05) is 0 Å². The minimum absolute atomic E-state index is 0.0744. The van der Waals surface area contributed by atoms with Crippen molar-refractivity contribution in [2.75, 3.05) is 5.32 Å². The lowest BCUT2D eigenvalue weighted by Gasteiger charge is -2.10. The van der Waals surface area contributed by atoms with E-state index in [4.69, 9.17) is 0 Å². The monoisotopic (exact) mass is 352 g/mol. The van der Waals surface area contributed by atoms with Crippen molar-refractivity contribution >= 4 is 34.4 Å². The van der Waals surface area contributed by atoms with Gasteiger partial charge < -0.3 is 5.32 Å². The van der Waals surface area contributed by atoms with E-state index >= 15 is 0 Å². The van der Waals surface area contributed by atoms with Crippen LogP contribution >= 0.6 is 11.3 Å². The average molecular weight is 352 g/mol. The smallest absolute Gasteiger partial charge is 0.270 e. The second-order valence-electron chi connectivity index (χ2n) is 5.11. The quantitative estimate of drug-likeness (QED) is 0.424. The molecule has 6 nitrogen and oxygen atoms in total. The Hall–Kier alpha value is -3.32. The summed E-state index contributed by atoms with van der Waals surface area (Å²) < 4.78 is 0. The van der Waals surface area contributed by atoms with Crippen molar-refractivity contribution in [1.82, 2.24) is 0 Å². The normalized spacial score (nSPS) is 10.2. The molecule has 0 saturated heterocycles. The zero-order valence-electron chi connectivity index (χ0n) is 12.8. The van der Waals surface area contributed by atoms with E-state index in [9.17, 15) is 19.7 Å². The molecule has 0 radical (unpaired) electrons. The van der Waals surface area contributed by atoms with Gasteiger partial charge in [0.15, 0.2) is 5.78 Å². The van der Waals surface area contributed by atoms with Crippen LogP contribution in [0.15, 0.2) is 66.0 Å². The Morgan fingerprint density at radius 2 is 1.76 bits per heavy atom. The summed E-state index contributed by atoms with van der Waals surface area (Å²) >= 11 is 1.26. The summed E-state index contributed by atoms with van der Waals surface area (Å²) in [7, 11) is 0. The highest BCUT2D eigenvalue weighted by molar-refractivity contribution is 7.12. The van der Waals surface area contributed by atoms with Gasteiger partial charge in [0.2, 0.25) is 0 Å². The van der Waals surface area contributed by atoms with E-state index in [2.05, 4.69) is 5.32 Å². The Bertz CT molecular complexity index is 937. The van der Waals surface area contributed by atoms with Crippen LogP contribution in [0, 0.1) is 10.1 Å². The number of thiophene rings is 1. The molecule has 0 unspecified atom stereocenters. The molecule has 0 saturated carbocycles. The number of carbonyl (C=O) groups excluding carboxylic acids is 2. The SMILES string of the molecule is O=C(Nc1ccc([N+](=O)[O-])cc1C(=O)c1ccccc1)c1cccs1. The number of nitrogens with one attached hydrogen (secondary N) is 1. The first-order chi connectivity index (χ1) is 12.1. The number of hydrogen-bond acceptors (Lipinski definition) is 5. The van der Waals surface area contributed by atoms with Crippen LogP contribution in [0.5, 0.6) is 0 Å². The van der Waals surface area contributed by atoms with Crippen LogP contribution in [-0.4, -0.2) is 16.6 Å². The van der Waals surface area contributed by atoms with E-state index in [1.165, 1.54) is 29.5 Å². The molecule has 0 aliphatic carbocycles. The lowest BCUT2D eigenvalue weighted by atomic mass is 10.0. The van der Waals surface area contributed by atoms with Gasteiger partial charge in [0.05, 0.1) is 21.1 Å². The number of ketones is 1. The lowest BCUT2D eigenvalue weighted by molar-refractivity contribution is -0.384. The van der Waals surface area contributed by atoms with Crippen molar-refractivity contribution in [1.29, 1.82) is 0 Å². The summed E-state index contributed by atoms with van der Waals surface area (Å²) in [5.74, 6) is -0.767. The number of amides is 1. The molecule has 1 amide bonds. The van der Waals surface area contributed by atoms with E-state index in [0.717, 1.165) is 0 Å². The third-order valence-corrected chi connectivity index (χ3v) is 4.36. The van der Waals surface area contributed by atoms with Crippen LogP contribution in [0.25, 0.3) is 0 Å². The van der Waals surface area contributed by atoms with E-state index < -0.39 is 10.7 Å². The maximum absolute atomic E-state index is 12.7. The molecule has 124 valence electrons. The number of anilines is 1. The van der Waals surface area contributed by atoms with E-state index in [1.54, 1.807) is 47.8 Å². The summed E-state index contributed by atoms with van der Waals surface area (Å²) in [5, 5.41) is 15.5. The van der Waals surface area contributed by atoms with Gasteiger partial charge in [-0.2, -0.15) is 0 Å². The number of non-ortho nitro benzene ring substituents is 1. The van der Waals surface area contributed by atoms with Crippen LogP contribution in [0.1, 0.15) is 25.6 Å². The molecular formula is C18H12N2O4S. The molecule has 0 fully saturated rings. The van der Waals surface area contributed by atoms with Crippen molar-refractivity contribution < 1.29 is 14.5 Å². The van der Waals surface area contributed by atoms with Gasteiger partial charge >= 0.3 is 0 Å². The Balaban J connectivity index is 2.01. The van der Waals surface area contributed by atoms with Crippen LogP contribution in [0.3, 0.4) is 0 Å². The number of nitro benzene ring substituents is 1. The highest BCUT2D eigenvalue weighted by atomic mass is 32.1. The molecule has 0 bridgehead atoms. The van der Waals surface area contributed by atoms with Gasteiger partial charge in [0, 0.05) is 17.7 Å². The van der Waals surface area contributed by atoms with E-state index in [-0.39, 0.29) is 22.8 Å². The maximum Gasteiger partial charge on any atom is 0.270 e. The zero-order valence-corrected chi connectivity index (χ0v) is 13.7. The van der Waals surface area contributed by atoms with Crippen molar-refractivity contribution in [2.24, 2.45) is 0 Å². The summed E-state index contributed by atoms with van der Waals surface area (Å²) in [5.41, 5.74) is 0.478. The Kier molecular flexibility index (Phi) is 4.67. The van der Waals surface area contributed by atoms with Gasteiger partial charge in [-0.1, -0.05) is 36.4 Å². The molecule has 2 aromatic carbocycles. The first-order valence-corrected chi connectivity index (χ1v) is 8.17. The average Bonchev–Trinajstić information content (AvgIpc) is 3.17. The minimum Gasteiger partial charge on any atom is -0.321 e. The molecule has 25 heavy (non-hydrogen) atoms. The highest BCUT2D eigenvalue weighted by Crippen LogP contribution is 2.26. The molecule has 3 aromatic rings. The molecule has 0 spiro atoms. The number of nitrogens with zero attached hydrogens (tertiary/aromatic N) is 1. The maximum atomic E-state index is 12.7. The number of carbonyl (C=O) groups is 2. The van der Waals surface area contributed by atoms with Gasteiger partial charge in [-0.3, -0.25) is 19.7 Å². The van der Waals surface area contributed by atoms with Gasteiger partial charge in [-0.15, -0.1) is 11.3 Å². The van der Waals surface area contributed by atoms with Crippen LogP contribution in [-0.2, 0) is 0 Å². The van der Waals surface area contributed by atoms with Crippen molar-refractivity contribution in [3.63, 3.8) is 0 Å². The molecule has 3 rings (SSSR count). The highest BCUT2D eigenvalue weighted by Gasteiger charge is 2.20. The molecule has 1 N–H and O–H groups in total. The predicted molar refractivity (Wildman–Crippen MR) is 95.2 cm³/mol. The molecular weight excluding hydrogens is 340 g/mol. The first kappa shape index (κ1) is 16.5. The van der Waals surface area contributed by atoms with Crippen LogP contribution in [0.4, 0.5) is 11.4 Å². The fourth-order valence-corrected chi connectivity index (χ4v) is 2.90. The van der Waals surface area contributed by atoms with Gasteiger partial charge in [-0.25, -0.2) is 0 Å². The second kappa shape index (κ2) is 7.06. The Morgan fingerprint density at radius 1 is 1.00 bits per heavy atom. The fraction of sp³-hybridized carbons (Fsp3) is 0. The first-order valence-electron chi connectivity index (χ1n) is 7.29. The Labute approximate surface area is 146 Å². The molecule has 1 heterocycles. The Morgan fingerprint density at radius 3 is 2.40 bits per heavy atom. The van der Waals surface area contributed by atoms with Crippen molar-refractivity contribution in [3.05, 3.63) is 92.2 Å². The third kappa shape index (κ3) is 3.61. The fourth-order valence-electron chi connectivity index (χ4n) is 2.28. The number of rotatable bonds is 5. The zero-order chi connectivity index (χ0) is 17.8. The predicted octanol–water partition coefficient (Wildman–Crippen LogP) is 4.14. The number of nitro groups is 1. The largest absolute Gasteiger partial charge is 0.321 e. The summed E-state index contributed by atoms with van der Waals surface area (Å²) in [6.07, 6.45) is 0. The number of hydrogen-bond donors (Lipinski definition) is 1. The van der Waals surface area contributed by atoms with Crippen LogP contribution in [0.2, 0.25) is 0 Å². The van der Waals surface area contributed by atoms with Crippen LogP contribution < -0.4 is 5.32 Å². The van der Waals surface area contributed by atoms with Crippen molar-refractivity contribution in [2.45, 2.75) is 0 Å². The molecule has 0 atom stereocenters. The summed E-state index contributed by atoms with van der Waals surface area (Å²) in [6, 6.07) is 15.6. The van der Waals surface area contributed by atoms with Gasteiger partial charge in [-0.05, 0) is 17.5 Å². The molecule has 7 heteroatoms. The van der Waals surface area contributed by atoms with Crippen molar-refractivity contribution in [3.8, 4) is 0 Å². The molecule has 0 aliphatic rings. The number of benzene rings is 2. The van der Waals surface area contributed by atoms with Gasteiger partial charge in [0.1, 0.15) is 0 Å². The topological polar surface area (TPSA) is 89.3 Å². The van der Waals surface area contributed by atoms with Gasteiger partial charge in [0.25, 0.3) is 11.6 Å². The summed E-state index contributed by atoms with van der Waals surface area (Å²) in [4.78, 5) is 35.9. The summed E-state index contributed by atoms with van der Waals surface area (Å²) in [6.45, 7) is 0. The van der Waals surface area contributed by atoms with E-state index in [0.29, 0.717) is 10.4 Å². The standard InChI is InChI=1S/C18H12N2O4S/c21-17(12-5-2-1-3-6-12)14-11-13(20(23)24)8-9-15(14)19-18(22)16-7-4-10-25-16/h1-11H,(H,19,22). The minimum atomic E-state index is -0.577. The second-order valence-corrected chi connectivity index (χ2v) is 6.06. The third-order valence-electron chi connectivity index (χ3n) is 3.49. The molecule has 0 aliphatic heterocycles. The molecule has 1 aromatic heterocycles.